The summed E-state index contributed by atoms with van der Waals surface area (Å²) in [5.41, 5.74) is 7.45. The number of carbonyl (C=O) groups is 1. The number of carbonyl (C=O) groups excluding carboxylic acids is 1. The fraction of sp³-hybridized carbons (Fsp3) is 0.188. The van der Waals surface area contributed by atoms with Crippen LogP contribution in [0.3, 0.4) is 0 Å². The number of hydrogen-bond donors (Lipinski definition) is 1. The average Bonchev–Trinajstić information content (AvgIpc) is 2.47. The summed E-state index contributed by atoms with van der Waals surface area (Å²) in [4.78, 5) is 10.8. The van der Waals surface area contributed by atoms with Crippen LogP contribution in [0.25, 0.3) is 0 Å². The van der Waals surface area contributed by atoms with E-state index in [-0.39, 0.29) is 5.91 Å². The standard InChI is InChI=1S/C16H17NO2S/c17-16(18)12-20-11-14-7-5-4-6-13(14)10-19-15-8-2-1-3-9-15/h1-9H,10-12H2,(H2,17,18). The fourth-order valence-electron chi connectivity index (χ4n) is 1.78. The smallest absolute Gasteiger partial charge is 0.227 e. The van der Waals surface area contributed by atoms with Gasteiger partial charge in [-0.2, -0.15) is 0 Å². The maximum absolute atomic E-state index is 10.8. The molecule has 0 radical (unpaired) electrons. The highest BCUT2D eigenvalue weighted by atomic mass is 32.2. The number of ether oxygens (including phenoxy) is 1. The van der Waals surface area contributed by atoms with E-state index in [9.17, 15) is 4.79 Å². The van der Waals surface area contributed by atoms with Gasteiger partial charge in [-0.05, 0) is 23.3 Å². The van der Waals surface area contributed by atoms with E-state index in [1.807, 2.05) is 48.5 Å². The third-order valence-corrected chi connectivity index (χ3v) is 3.76. The third kappa shape index (κ3) is 4.63. The first-order valence-electron chi connectivity index (χ1n) is 6.36. The van der Waals surface area contributed by atoms with Gasteiger partial charge >= 0.3 is 0 Å². The lowest BCUT2D eigenvalue weighted by Crippen LogP contribution is -2.13. The molecular weight excluding hydrogens is 270 g/mol. The number of benzene rings is 2. The van der Waals surface area contributed by atoms with Gasteiger partial charge in [0.25, 0.3) is 0 Å². The Morgan fingerprint density at radius 2 is 1.65 bits per heavy atom. The predicted octanol–water partition coefficient (Wildman–Crippen LogP) is 2.98. The molecule has 0 unspecified atom stereocenters. The first-order valence-corrected chi connectivity index (χ1v) is 7.52. The third-order valence-electron chi connectivity index (χ3n) is 2.76. The van der Waals surface area contributed by atoms with Gasteiger partial charge in [-0.25, -0.2) is 0 Å². The summed E-state index contributed by atoms with van der Waals surface area (Å²) < 4.78 is 5.76. The van der Waals surface area contributed by atoms with Gasteiger partial charge in [0.05, 0.1) is 5.75 Å². The van der Waals surface area contributed by atoms with Crippen LogP contribution in [0, 0.1) is 0 Å². The second-order valence-electron chi connectivity index (χ2n) is 4.33. The lowest BCUT2D eigenvalue weighted by atomic mass is 10.1. The van der Waals surface area contributed by atoms with Crippen LogP contribution in [-0.4, -0.2) is 11.7 Å². The van der Waals surface area contributed by atoms with Crippen LogP contribution in [-0.2, 0) is 17.2 Å². The number of hydrogen-bond acceptors (Lipinski definition) is 3. The molecule has 104 valence electrons. The Kier molecular flexibility index (Phi) is 5.50. The van der Waals surface area contributed by atoms with Gasteiger partial charge in [0, 0.05) is 5.75 Å². The Balaban J connectivity index is 1.95. The minimum absolute atomic E-state index is 0.284. The SMILES string of the molecule is NC(=O)CSCc1ccccc1COc1ccccc1. The van der Waals surface area contributed by atoms with Gasteiger partial charge in [-0.3, -0.25) is 4.79 Å². The summed E-state index contributed by atoms with van der Waals surface area (Å²) in [7, 11) is 0. The van der Waals surface area contributed by atoms with Crippen molar-refractivity contribution in [1.82, 2.24) is 0 Å². The van der Waals surface area contributed by atoms with Gasteiger partial charge < -0.3 is 10.5 Å². The molecule has 0 saturated heterocycles. The van der Waals surface area contributed by atoms with Crippen molar-refractivity contribution < 1.29 is 9.53 Å². The van der Waals surface area contributed by atoms with Crippen LogP contribution < -0.4 is 10.5 Å². The van der Waals surface area contributed by atoms with Crippen LogP contribution >= 0.6 is 11.8 Å². The lowest BCUT2D eigenvalue weighted by molar-refractivity contribution is -0.115. The number of primary amides is 1. The van der Waals surface area contributed by atoms with Gasteiger partial charge in [0.15, 0.2) is 0 Å². The highest BCUT2D eigenvalue weighted by Gasteiger charge is 2.04. The van der Waals surface area contributed by atoms with Gasteiger partial charge in [-0.15, -0.1) is 11.8 Å². The largest absolute Gasteiger partial charge is 0.489 e. The van der Waals surface area contributed by atoms with Gasteiger partial charge in [-0.1, -0.05) is 42.5 Å². The van der Waals surface area contributed by atoms with E-state index >= 15 is 0 Å². The molecule has 20 heavy (non-hydrogen) atoms. The molecule has 0 heterocycles. The molecule has 2 rings (SSSR count). The molecule has 0 aromatic heterocycles. The van der Waals surface area contributed by atoms with Crippen LogP contribution in [0.2, 0.25) is 0 Å². The van der Waals surface area contributed by atoms with Crippen molar-refractivity contribution in [3.05, 3.63) is 65.7 Å². The topological polar surface area (TPSA) is 52.3 Å². The Morgan fingerprint density at radius 1 is 1.00 bits per heavy atom. The molecular formula is C16H17NO2S. The van der Waals surface area contributed by atoms with Crippen molar-refractivity contribution in [3.63, 3.8) is 0 Å². The Morgan fingerprint density at radius 3 is 2.35 bits per heavy atom. The van der Waals surface area contributed by atoms with Crippen LogP contribution in [0.4, 0.5) is 0 Å². The van der Waals surface area contributed by atoms with Gasteiger partial charge in [0.2, 0.25) is 5.91 Å². The monoisotopic (exact) mass is 287 g/mol. The molecule has 4 heteroatoms. The number of rotatable bonds is 7. The molecule has 2 aromatic rings. The fourth-order valence-corrected chi connectivity index (χ4v) is 2.58. The zero-order valence-electron chi connectivity index (χ0n) is 11.1. The van der Waals surface area contributed by atoms with Crippen molar-refractivity contribution in [2.75, 3.05) is 5.75 Å². The molecule has 2 aromatic carbocycles. The van der Waals surface area contributed by atoms with Crippen molar-refractivity contribution in [1.29, 1.82) is 0 Å². The molecule has 0 aliphatic carbocycles. The second kappa shape index (κ2) is 7.60. The lowest BCUT2D eigenvalue weighted by Gasteiger charge is -2.10. The number of thioether (sulfide) groups is 1. The normalized spacial score (nSPS) is 10.2. The number of amides is 1. The van der Waals surface area contributed by atoms with Crippen molar-refractivity contribution in [2.24, 2.45) is 5.73 Å². The summed E-state index contributed by atoms with van der Waals surface area (Å²) in [5, 5.41) is 0. The summed E-state index contributed by atoms with van der Waals surface area (Å²) in [6.45, 7) is 0.525. The maximum Gasteiger partial charge on any atom is 0.227 e. The van der Waals surface area contributed by atoms with E-state index in [0.29, 0.717) is 12.4 Å². The first kappa shape index (κ1) is 14.5. The molecule has 0 aliphatic heterocycles. The highest BCUT2D eigenvalue weighted by molar-refractivity contribution is 7.99. The quantitative estimate of drug-likeness (QED) is 0.851. The van der Waals surface area contributed by atoms with Gasteiger partial charge in [0.1, 0.15) is 12.4 Å². The van der Waals surface area contributed by atoms with E-state index in [4.69, 9.17) is 10.5 Å². The molecule has 0 spiro atoms. The molecule has 0 bridgehead atoms. The van der Waals surface area contributed by atoms with Crippen molar-refractivity contribution in [2.45, 2.75) is 12.4 Å². The molecule has 0 fully saturated rings. The van der Waals surface area contributed by atoms with Crippen molar-refractivity contribution >= 4 is 17.7 Å². The second-order valence-corrected chi connectivity index (χ2v) is 5.32. The number of para-hydroxylation sites is 1. The van der Waals surface area contributed by atoms with E-state index in [2.05, 4.69) is 6.07 Å². The maximum atomic E-state index is 10.8. The summed E-state index contributed by atoms with van der Waals surface area (Å²) in [6, 6.07) is 17.8. The summed E-state index contributed by atoms with van der Waals surface area (Å²) in [6.07, 6.45) is 0. The van der Waals surface area contributed by atoms with E-state index < -0.39 is 0 Å². The van der Waals surface area contributed by atoms with Crippen LogP contribution in [0.5, 0.6) is 5.75 Å². The van der Waals surface area contributed by atoms with Crippen LogP contribution in [0.15, 0.2) is 54.6 Å². The zero-order valence-corrected chi connectivity index (χ0v) is 11.9. The van der Waals surface area contributed by atoms with E-state index in [1.165, 1.54) is 17.3 Å². The van der Waals surface area contributed by atoms with Crippen molar-refractivity contribution in [3.8, 4) is 5.75 Å². The molecule has 0 aliphatic rings. The molecule has 2 N–H and O–H groups in total. The minimum atomic E-state index is -0.284. The Hall–Kier alpha value is -1.94. The molecule has 3 nitrogen and oxygen atoms in total. The Bertz CT molecular complexity index is 557. The van der Waals surface area contributed by atoms with Crippen LogP contribution in [0.1, 0.15) is 11.1 Å². The van der Waals surface area contributed by atoms with E-state index in [1.54, 1.807) is 0 Å². The average molecular weight is 287 g/mol. The molecule has 0 saturated carbocycles. The first-order chi connectivity index (χ1) is 9.75. The summed E-state index contributed by atoms with van der Waals surface area (Å²) in [5.74, 6) is 1.67. The minimum Gasteiger partial charge on any atom is -0.489 e. The molecule has 1 amide bonds. The molecule has 0 atom stereocenters. The van der Waals surface area contributed by atoms with E-state index in [0.717, 1.165) is 17.1 Å². The number of nitrogens with two attached hydrogens (primary N) is 1. The Labute approximate surface area is 123 Å². The summed E-state index contributed by atoms with van der Waals surface area (Å²) >= 11 is 1.52. The zero-order chi connectivity index (χ0) is 14.2. The predicted molar refractivity (Wildman–Crippen MR) is 82.6 cm³/mol. The highest BCUT2D eigenvalue weighted by Crippen LogP contribution is 2.19.